The molecule has 3 nitrogen and oxygen atoms in total. The summed E-state index contributed by atoms with van der Waals surface area (Å²) in [5, 5.41) is 0.743. The van der Waals surface area contributed by atoms with Crippen LogP contribution in [0.25, 0.3) is 0 Å². The minimum absolute atomic E-state index is 0.348. The van der Waals surface area contributed by atoms with Gasteiger partial charge in [0, 0.05) is 12.6 Å². The van der Waals surface area contributed by atoms with E-state index in [1.807, 2.05) is 6.07 Å². The van der Waals surface area contributed by atoms with Gasteiger partial charge in [-0.3, -0.25) is 4.90 Å². The first-order chi connectivity index (χ1) is 8.58. The summed E-state index contributed by atoms with van der Waals surface area (Å²) in [4.78, 5) is 2.34. The minimum Gasteiger partial charge on any atom is -0.495 e. The highest BCUT2D eigenvalue weighted by atomic mass is 35.5. The van der Waals surface area contributed by atoms with E-state index in [0.29, 0.717) is 12.0 Å². The molecule has 0 aliphatic carbocycles. The van der Waals surface area contributed by atoms with E-state index < -0.39 is 0 Å². The molecule has 1 aliphatic heterocycles. The molecule has 0 aromatic heterocycles. The van der Waals surface area contributed by atoms with Gasteiger partial charge in [-0.25, -0.2) is 0 Å². The van der Waals surface area contributed by atoms with Crippen molar-refractivity contribution in [2.24, 2.45) is 11.7 Å². The summed E-state index contributed by atoms with van der Waals surface area (Å²) in [6, 6.07) is 4.35. The van der Waals surface area contributed by atoms with Crippen molar-refractivity contribution >= 4 is 11.6 Å². The number of benzene rings is 1. The fraction of sp³-hybridized carbons (Fsp3) is 0.571. The number of likely N-dealkylation sites (tertiary alicyclic amines) is 1. The molecular formula is C14H21ClN2O. The molecule has 1 fully saturated rings. The van der Waals surface area contributed by atoms with Gasteiger partial charge in [-0.1, -0.05) is 17.7 Å². The summed E-state index contributed by atoms with van der Waals surface area (Å²) in [7, 11) is 3.79. The van der Waals surface area contributed by atoms with Crippen LogP contribution in [0.1, 0.15) is 23.6 Å². The highest BCUT2D eigenvalue weighted by Gasteiger charge is 2.32. The molecule has 4 heteroatoms. The van der Waals surface area contributed by atoms with Crippen LogP contribution >= 0.6 is 11.6 Å². The van der Waals surface area contributed by atoms with Crippen molar-refractivity contribution in [1.29, 1.82) is 0 Å². The van der Waals surface area contributed by atoms with E-state index in [9.17, 15) is 0 Å². The van der Waals surface area contributed by atoms with Gasteiger partial charge >= 0.3 is 0 Å². The average molecular weight is 269 g/mol. The number of hydrogen-bond donors (Lipinski definition) is 1. The van der Waals surface area contributed by atoms with Crippen LogP contribution in [0.5, 0.6) is 5.75 Å². The van der Waals surface area contributed by atoms with Crippen LogP contribution in [-0.2, 0) is 0 Å². The first-order valence-electron chi connectivity index (χ1n) is 6.31. The Bertz CT molecular complexity index is 436. The maximum absolute atomic E-state index is 6.47. The zero-order chi connectivity index (χ0) is 13.3. The molecule has 1 aliphatic rings. The zero-order valence-corrected chi connectivity index (χ0v) is 12.0. The monoisotopic (exact) mass is 268 g/mol. The largest absolute Gasteiger partial charge is 0.495 e. The first-order valence-corrected chi connectivity index (χ1v) is 6.69. The molecule has 0 radical (unpaired) electrons. The Hall–Kier alpha value is -0.770. The van der Waals surface area contributed by atoms with Crippen molar-refractivity contribution in [2.45, 2.75) is 19.4 Å². The summed E-state index contributed by atoms with van der Waals surface area (Å²) in [5.74, 6) is 1.31. The molecular weight excluding hydrogens is 248 g/mol. The fourth-order valence-corrected chi connectivity index (χ4v) is 3.27. The standard InChI is InChI=1S/C14H21ClN2O/c1-9-4-5-12(18-3)14(15)13(9)11-6-10(7-16)8-17(11)2/h4-5,10-11H,6-8,16H2,1-3H3. The predicted octanol–water partition coefficient (Wildman–Crippen LogP) is 2.61. The Morgan fingerprint density at radius 2 is 2.22 bits per heavy atom. The molecule has 18 heavy (non-hydrogen) atoms. The van der Waals surface area contributed by atoms with Gasteiger partial charge in [-0.15, -0.1) is 0 Å². The molecule has 0 bridgehead atoms. The summed E-state index contributed by atoms with van der Waals surface area (Å²) in [6.45, 7) is 3.87. The molecule has 2 N–H and O–H groups in total. The summed E-state index contributed by atoms with van der Waals surface area (Å²) < 4.78 is 5.31. The average Bonchev–Trinajstić information content (AvgIpc) is 2.71. The topological polar surface area (TPSA) is 38.5 Å². The normalized spacial score (nSPS) is 24.5. The Morgan fingerprint density at radius 1 is 1.50 bits per heavy atom. The zero-order valence-electron chi connectivity index (χ0n) is 11.2. The third-order valence-corrected chi connectivity index (χ3v) is 4.27. The number of aryl methyl sites for hydroxylation is 1. The maximum Gasteiger partial charge on any atom is 0.137 e. The lowest BCUT2D eigenvalue weighted by Crippen LogP contribution is -2.21. The number of methoxy groups -OCH3 is 1. The Labute approximate surface area is 114 Å². The van der Waals surface area contributed by atoms with E-state index in [1.165, 1.54) is 11.1 Å². The van der Waals surface area contributed by atoms with E-state index >= 15 is 0 Å². The molecule has 1 aromatic carbocycles. The lowest BCUT2D eigenvalue weighted by Gasteiger charge is -2.23. The van der Waals surface area contributed by atoms with Crippen molar-refractivity contribution in [3.63, 3.8) is 0 Å². The van der Waals surface area contributed by atoms with Gasteiger partial charge in [-0.05, 0) is 50.0 Å². The number of rotatable bonds is 3. The molecule has 0 spiro atoms. The van der Waals surface area contributed by atoms with E-state index in [0.717, 1.165) is 30.3 Å². The summed E-state index contributed by atoms with van der Waals surface area (Å²) in [5.41, 5.74) is 8.19. The second-order valence-electron chi connectivity index (χ2n) is 5.11. The molecule has 2 unspecified atom stereocenters. The number of hydrogen-bond acceptors (Lipinski definition) is 3. The summed E-state index contributed by atoms with van der Waals surface area (Å²) in [6.07, 6.45) is 1.07. The Balaban J connectivity index is 2.38. The van der Waals surface area contributed by atoms with Crippen LogP contribution in [0.15, 0.2) is 12.1 Å². The number of halogens is 1. The Kier molecular flexibility index (Phi) is 4.15. The SMILES string of the molecule is COc1ccc(C)c(C2CC(CN)CN2C)c1Cl. The molecule has 0 amide bonds. The van der Waals surface area contributed by atoms with Crippen LogP contribution < -0.4 is 10.5 Å². The quantitative estimate of drug-likeness (QED) is 0.916. The number of ether oxygens (including phenoxy) is 1. The van der Waals surface area contributed by atoms with E-state index in [2.05, 4.69) is 24.9 Å². The lowest BCUT2D eigenvalue weighted by atomic mass is 9.96. The van der Waals surface area contributed by atoms with Crippen LogP contribution in [0.4, 0.5) is 0 Å². The van der Waals surface area contributed by atoms with Gasteiger partial charge in [0.2, 0.25) is 0 Å². The van der Waals surface area contributed by atoms with E-state index in [-0.39, 0.29) is 0 Å². The van der Waals surface area contributed by atoms with Crippen molar-refractivity contribution in [3.05, 3.63) is 28.3 Å². The third kappa shape index (κ3) is 2.35. The highest BCUT2D eigenvalue weighted by Crippen LogP contribution is 2.42. The second kappa shape index (κ2) is 5.47. The highest BCUT2D eigenvalue weighted by molar-refractivity contribution is 6.33. The van der Waals surface area contributed by atoms with Gasteiger partial charge in [0.25, 0.3) is 0 Å². The molecule has 1 aromatic rings. The van der Waals surface area contributed by atoms with Crippen LogP contribution in [0.3, 0.4) is 0 Å². The van der Waals surface area contributed by atoms with Gasteiger partial charge in [0.1, 0.15) is 5.75 Å². The van der Waals surface area contributed by atoms with Crippen LogP contribution in [0, 0.1) is 12.8 Å². The third-order valence-electron chi connectivity index (χ3n) is 3.88. The van der Waals surface area contributed by atoms with Gasteiger partial charge in [0.15, 0.2) is 0 Å². The summed E-state index contributed by atoms with van der Waals surface area (Å²) >= 11 is 6.47. The van der Waals surface area contributed by atoms with Gasteiger partial charge < -0.3 is 10.5 Å². The smallest absolute Gasteiger partial charge is 0.137 e. The minimum atomic E-state index is 0.348. The lowest BCUT2D eigenvalue weighted by molar-refractivity contribution is 0.312. The van der Waals surface area contributed by atoms with Gasteiger partial charge in [-0.2, -0.15) is 0 Å². The number of nitrogens with zero attached hydrogens (tertiary/aromatic N) is 1. The maximum atomic E-state index is 6.47. The molecule has 0 saturated carbocycles. The van der Waals surface area contributed by atoms with Crippen LogP contribution in [-0.4, -0.2) is 32.1 Å². The van der Waals surface area contributed by atoms with E-state index in [4.69, 9.17) is 22.1 Å². The van der Waals surface area contributed by atoms with Gasteiger partial charge in [0.05, 0.1) is 12.1 Å². The molecule has 2 rings (SSSR count). The number of nitrogens with two attached hydrogens (primary N) is 1. The predicted molar refractivity (Wildman–Crippen MR) is 75.3 cm³/mol. The molecule has 1 saturated heterocycles. The van der Waals surface area contributed by atoms with Crippen molar-refractivity contribution in [3.8, 4) is 5.75 Å². The van der Waals surface area contributed by atoms with E-state index in [1.54, 1.807) is 7.11 Å². The van der Waals surface area contributed by atoms with Crippen molar-refractivity contribution in [2.75, 3.05) is 27.2 Å². The fourth-order valence-electron chi connectivity index (χ4n) is 2.85. The Morgan fingerprint density at radius 3 is 2.78 bits per heavy atom. The molecule has 1 heterocycles. The van der Waals surface area contributed by atoms with Crippen molar-refractivity contribution < 1.29 is 4.74 Å². The van der Waals surface area contributed by atoms with Crippen molar-refractivity contribution in [1.82, 2.24) is 4.90 Å². The second-order valence-corrected chi connectivity index (χ2v) is 5.48. The first kappa shape index (κ1) is 13.7. The molecule has 2 atom stereocenters. The molecule has 100 valence electrons. The van der Waals surface area contributed by atoms with Crippen LogP contribution in [0.2, 0.25) is 5.02 Å².